The van der Waals surface area contributed by atoms with E-state index in [1.165, 1.54) is 0 Å². The number of halogens is 1. The Morgan fingerprint density at radius 3 is 2.67 bits per heavy atom. The van der Waals surface area contributed by atoms with Crippen LogP contribution in [0.4, 0.5) is 11.4 Å². The van der Waals surface area contributed by atoms with E-state index < -0.39 is 0 Å². The predicted octanol–water partition coefficient (Wildman–Crippen LogP) is 3.63. The van der Waals surface area contributed by atoms with Gasteiger partial charge in [-0.2, -0.15) is 5.10 Å². The number of aromatic nitrogens is 2. The standard InChI is InChI=1S/C16H23ClN4/c1-4-9-21(13-8-6-7-12(18)10-13)11-15-16(17)14(5-2)19-20(15)3/h6-8,10H,4-5,9,11,18H2,1-3H3. The van der Waals surface area contributed by atoms with Gasteiger partial charge in [-0.15, -0.1) is 0 Å². The molecule has 1 aromatic carbocycles. The van der Waals surface area contributed by atoms with E-state index in [1.54, 1.807) is 0 Å². The highest BCUT2D eigenvalue weighted by molar-refractivity contribution is 6.31. The molecule has 0 unspecified atom stereocenters. The Labute approximate surface area is 131 Å². The summed E-state index contributed by atoms with van der Waals surface area (Å²) in [5.41, 5.74) is 9.80. The maximum absolute atomic E-state index is 6.46. The molecular weight excluding hydrogens is 284 g/mol. The Morgan fingerprint density at radius 2 is 2.10 bits per heavy atom. The highest BCUT2D eigenvalue weighted by Gasteiger charge is 2.16. The average Bonchev–Trinajstić information content (AvgIpc) is 2.74. The molecule has 0 fully saturated rings. The lowest BCUT2D eigenvalue weighted by molar-refractivity contribution is 0.667. The van der Waals surface area contributed by atoms with Crippen molar-refractivity contribution in [1.29, 1.82) is 0 Å². The molecule has 5 heteroatoms. The summed E-state index contributed by atoms with van der Waals surface area (Å²) in [7, 11) is 1.95. The zero-order chi connectivity index (χ0) is 15.4. The van der Waals surface area contributed by atoms with Crippen LogP contribution in [-0.2, 0) is 20.0 Å². The summed E-state index contributed by atoms with van der Waals surface area (Å²) in [6, 6.07) is 7.97. The first-order valence-corrected chi connectivity index (χ1v) is 7.75. The molecule has 0 amide bonds. The maximum atomic E-state index is 6.46. The molecule has 2 aromatic rings. The molecule has 2 N–H and O–H groups in total. The van der Waals surface area contributed by atoms with E-state index in [9.17, 15) is 0 Å². The van der Waals surface area contributed by atoms with Crippen molar-refractivity contribution in [2.45, 2.75) is 33.2 Å². The van der Waals surface area contributed by atoms with E-state index in [2.05, 4.69) is 29.9 Å². The van der Waals surface area contributed by atoms with Gasteiger partial charge in [0, 0.05) is 25.0 Å². The molecule has 0 saturated carbocycles. The van der Waals surface area contributed by atoms with Crippen molar-refractivity contribution in [2.24, 2.45) is 7.05 Å². The van der Waals surface area contributed by atoms with Crippen LogP contribution in [0.2, 0.25) is 5.02 Å². The Bertz CT molecular complexity index is 606. The van der Waals surface area contributed by atoms with E-state index in [1.807, 2.05) is 29.9 Å². The lowest BCUT2D eigenvalue weighted by atomic mass is 10.2. The van der Waals surface area contributed by atoms with Gasteiger partial charge in [-0.05, 0) is 31.0 Å². The van der Waals surface area contributed by atoms with Crippen molar-refractivity contribution in [1.82, 2.24) is 9.78 Å². The summed E-state index contributed by atoms with van der Waals surface area (Å²) in [6.07, 6.45) is 1.91. The molecule has 0 bridgehead atoms. The van der Waals surface area contributed by atoms with Crippen LogP contribution in [0.15, 0.2) is 24.3 Å². The smallest absolute Gasteiger partial charge is 0.0868 e. The Balaban J connectivity index is 2.30. The molecule has 0 aliphatic carbocycles. The monoisotopic (exact) mass is 306 g/mol. The van der Waals surface area contributed by atoms with Gasteiger partial charge in [0.2, 0.25) is 0 Å². The summed E-state index contributed by atoms with van der Waals surface area (Å²) in [6.45, 7) is 5.92. The van der Waals surface area contributed by atoms with E-state index in [-0.39, 0.29) is 0 Å². The molecule has 0 atom stereocenters. The summed E-state index contributed by atoms with van der Waals surface area (Å²) in [4.78, 5) is 2.29. The van der Waals surface area contributed by atoms with Crippen LogP contribution in [0.3, 0.4) is 0 Å². The third-order valence-corrected chi connectivity index (χ3v) is 4.01. The fourth-order valence-corrected chi connectivity index (χ4v) is 2.82. The van der Waals surface area contributed by atoms with Gasteiger partial charge in [0.1, 0.15) is 0 Å². The summed E-state index contributed by atoms with van der Waals surface area (Å²) in [5.74, 6) is 0. The van der Waals surface area contributed by atoms with Gasteiger partial charge < -0.3 is 10.6 Å². The largest absolute Gasteiger partial charge is 0.399 e. The Morgan fingerprint density at radius 1 is 1.33 bits per heavy atom. The van der Waals surface area contributed by atoms with Crippen LogP contribution in [-0.4, -0.2) is 16.3 Å². The van der Waals surface area contributed by atoms with Crippen LogP contribution in [0.25, 0.3) is 0 Å². The molecule has 0 radical (unpaired) electrons. The minimum atomic E-state index is 0.736. The zero-order valence-corrected chi connectivity index (χ0v) is 13.7. The van der Waals surface area contributed by atoms with Crippen molar-refractivity contribution in [3.05, 3.63) is 40.7 Å². The normalized spacial score (nSPS) is 10.9. The molecular formula is C16H23ClN4. The zero-order valence-electron chi connectivity index (χ0n) is 12.9. The molecule has 4 nitrogen and oxygen atoms in total. The first-order chi connectivity index (χ1) is 10.1. The van der Waals surface area contributed by atoms with Crippen LogP contribution in [0.1, 0.15) is 31.7 Å². The molecule has 0 aliphatic heterocycles. The lowest BCUT2D eigenvalue weighted by Crippen LogP contribution is -2.25. The minimum Gasteiger partial charge on any atom is -0.399 e. The van der Waals surface area contributed by atoms with Gasteiger partial charge in [0.05, 0.1) is 23.0 Å². The topological polar surface area (TPSA) is 47.1 Å². The van der Waals surface area contributed by atoms with Crippen LogP contribution >= 0.6 is 11.6 Å². The van der Waals surface area contributed by atoms with Gasteiger partial charge in [-0.1, -0.05) is 31.5 Å². The van der Waals surface area contributed by atoms with Crippen LogP contribution < -0.4 is 10.6 Å². The Hall–Kier alpha value is -1.68. The molecule has 1 heterocycles. The molecule has 1 aromatic heterocycles. The number of nitrogens with zero attached hydrogens (tertiary/aromatic N) is 3. The maximum Gasteiger partial charge on any atom is 0.0868 e. The quantitative estimate of drug-likeness (QED) is 0.829. The summed E-state index contributed by atoms with van der Waals surface area (Å²) < 4.78 is 1.89. The number of nitrogen functional groups attached to an aromatic ring is 1. The van der Waals surface area contributed by atoms with E-state index in [0.717, 1.165) is 53.7 Å². The van der Waals surface area contributed by atoms with Crippen molar-refractivity contribution >= 4 is 23.0 Å². The number of anilines is 2. The Kier molecular flexibility index (Phi) is 5.12. The average molecular weight is 307 g/mol. The first-order valence-electron chi connectivity index (χ1n) is 7.37. The number of rotatable bonds is 6. The number of nitrogens with two attached hydrogens (primary N) is 1. The SMILES string of the molecule is CCCN(Cc1c(Cl)c(CC)nn1C)c1cccc(N)c1. The van der Waals surface area contributed by atoms with Crippen molar-refractivity contribution < 1.29 is 0 Å². The van der Waals surface area contributed by atoms with E-state index in [0.29, 0.717) is 0 Å². The fraction of sp³-hybridized carbons (Fsp3) is 0.438. The third-order valence-electron chi connectivity index (χ3n) is 3.57. The van der Waals surface area contributed by atoms with Crippen molar-refractivity contribution in [3.8, 4) is 0 Å². The highest BCUT2D eigenvalue weighted by Crippen LogP contribution is 2.25. The number of aryl methyl sites for hydroxylation is 2. The molecule has 0 aliphatic rings. The van der Waals surface area contributed by atoms with Crippen molar-refractivity contribution in [2.75, 3.05) is 17.2 Å². The molecule has 21 heavy (non-hydrogen) atoms. The first kappa shape index (κ1) is 15.7. The highest BCUT2D eigenvalue weighted by atomic mass is 35.5. The number of hydrogen-bond donors (Lipinski definition) is 1. The molecule has 0 saturated heterocycles. The van der Waals surface area contributed by atoms with E-state index >= 15 is 0 Å². The molecule has 2 rings (SSSR count). The second-order valence-corrected chi connectivity index (χ2v) is 5.58. The summed E-state index contributed by atoms with van der Waals surface area (Å²) >= 11 is 6.46. The third kappa shape index (κ3) is 3.50. The van der Waals surface area contributed by atoms with Gasteiger partial charge in [0.25, 0.3) is 0 Å². The molecule has 114 valence electrons. The predicted molar refractivity (Wildman–Crippen MR) is 89.8 cm³/mol. The minimum absolute atomic E-state index is 0.736. The molecule has 0 spiro atoms. The van der Waals surface area contributed by atoms with Gasteiger partial charge >= 0.3 is 0 Å². The van der Waals surface area contributed by atoms with Crippen LogP contribution in [0.5, 0.6) is 0 Å². The lowest BCUT2D eigenvalue weighted by Gasteiger charge is -2.25. The van der Waals surface area contributed by atoms with Crippen molar-refractivity contribution in [3.63, 3.8) is 0 Å². The summed E-state index contributed by atoms with van der Waals surface area (Å²) in [5, 5.41) is 5.27. The van der Waals surface area contributed by atoms with Gasteiger partial charge in [-0.3, -0.25) is 4.68 Å². The van der Waals surface area contributed by atoms with Gasteiger partial charge in [-0.25, -0.2) is 0 Å². The number of hydrogen-bond acceptors (Lipinski definition) is 3. The second-order valence-electron chi connectivity index (χ2n) is 5.20. The van der Waals surface area contributed by atoms with Gasteiger partial charge in [0.15, 0.2) is 0 Å². The van der Waals surface area contributed by atoms with E-state index in [4.69, 9.17) is 17.3 Å². The number of benzene rings is 1. The van der Waals surface area contributed by atoms with Crippen LogP contribution in [0, 0.1) is 0 Å². The fourth-order valence-electron chi connectivity index (χ4n) is 2.46. The second kappa shape index (κ2) is 6.85.